The van der Waals surface area contributed by atoms with Gasteiger partial charge in [-0.2, -0.15) is 0 Å². The third-order valence-electron chi connectivity index (χ3n) is 6.17. The molecule has 1 saturated heterocycles. The van der Waals surface area contributed by atoms with Gasteiger partial charge in [0.15, 0.2) is 0 Å². The molecule has 1 aliphatic rings. The Balaban J connectivity index is 1.97. The highest BCUT2D eigenvalue weighted by Crippen LogP contribution is 2.22. The number of carbonyl (C=O) groups excluding carboxylic acids is 1. The van der Waals surface area contributed by atoms with Crippen LogP contribution in [0.15, 0.2) is 12.2 Å². The van der Waals surface area contributed by atoms with Gasteiger partial charge in [0.2, 0.25) is 5.91 Å². The number of rotatable bonds is 18. The monoisotopic (exact) mass is 441 g/mol. The van der Waals surface area contributed by atoms with Crippen molar-refractivity contribution >= 4 is 5.91 Å². The van der Waals surface area contributed by atoms with Gasteiger partial charge in [0.1, 0.15) is 24.4 Å². The molecule has 0 saturated carbocycles. The molecule has 6 nitrogen and oxygen atoms in total. The van der Waals surface area contributed by atoms with Crippen molar-refractivity contribution in [3.63, 3.8) is 0 Å². The van der Waals surface area contributed by atoms with Crippen LogP contribution in [-0.2, 0) is 9.53 Å². The highest BCUT2D eigenvalue weighted by Gasteiger charge is 2.42. The molecular formula is C25H47NO5. The summed E-state index contributed by atoms with van der Waals surface area (Å²) in [5.41, 5.74) is 0. The molecule has 1 aliphatic heterocycles. The molecule has 182 valence electrons. The predicted octanol–water partition coefficient (Wildman–Crippen LogP) is 3.96. The maximum absolute atomic E-state index is 12.3. The van der Waals surface area contributed by atoms with E-state index in [9.17, 15) is 15.0 Å². The van der Waals surface area contributed by atoms with Crippen molar-refractivity contribution in [1.29, 1.82) is 0 Å². The van der Waals surface area contributed by atoms with E-state index in [-0.39, 0.29) is 19.1 Å². The van der Waals surface area contributed by atoms with Crippen LogP contribution in [0.4, 0.5) is 0 Å². The molecule has 3 N–H and O–H groups in total. The van der Waals surface area contributed by atoms with Crippen molar-refractivity contribution in [1.82, 2.24) is 4.90 Å². The topological polar surface area (TPSA) is 90.2 Å². The Morgan fingerprint density at radius 2 is 1.35 bits per heavy atom. The minimum absolute atomic E-state index is 0.0235. The summed E-state index contributed by atoms with van der Waals surface area (Å²) in [6, 6.07) is 0. The van der Waals surface area contributed by atoms with Gasteiger partial charge < -0.3 is 25.0 Å². The van der Waals surface area contributed by atoms with Crippen molar-refractivity contribution in [3.05, 3.63) is 12.2 Å². The largest absolute Gasteiger partial charge is 0.394 e. The maximum atomic E-state index is 12.3. The maximum Gasteiger partial charge on any atom is 0.222 e. The molecule has 0 aromatic heterocycles. The summed E-state index contributed by atoms with van der Waals surface area (Å²) in [6.07, 6.45) is 17.5. The van der Waals surface area contributed by atoms with E-state index in [1.54, 1.807) is 11.9 Å². The molecule has 31 heavy (non-hydrogen) atoms. The molecule has 6 heteroatoms. The summed E-state index contributed by atoms with van der Waals surface area (Å²) in [4.78, 5) is 13.8. The molecule has 1 fully saturated rings. The highest BCUT2D eigenvalue weighted by molar-refractivity contribution is 5.75. The van der Waals surface area contributed by atoms with Gasteiger partial charge in [-0.1, -0.05) is 70.4 Å². The summed E-state index contributed by atoms with van der Waals surface area (Å²) in [5.74, 6) is 0.0235. The molecule has 0 aromatic carbocycles. The van der Waals surface area contributed by atoms with E-state index < -0.39 is 24.4 Å². The first-order chi connectivity index (χ1) is 15.0. The Labute approximate surface area is 189 Å². The lowest BCUT2D eigenvalue weighted by Crippen LogP contribution is -2.40. The SMILES string of the molecule is CCCCCCCC/C=C\CCCCCCCC(=O)N(C)CC1OC(CO)C(O)C1O. The highest BCUT2D eigenvalue weighted by atomic mass is 16.6. The summed E-state index contributed by atoms with van der Waals surface area (Å²) in [7, 11) is 1.69. The summed E-state index contributed by atoms with van der Waals surface area (Å²) < 4.78 is 5.44. The zero-order valence-corrected chi connectivity index (χ0v) is 19.9. The number of carbonyl (C=O) groups is 1. The first-order valence-corrected chi connectivity index (χ1v) is 12.5. The molecule has 4 unspecified atom stereocenters. The summed E-state index contributed by atoms with van der Waals surface area (Å²) >= 11 is 0. The lowest BCUT2D eigenvalue weighted by molar-refractivity contribution is -0.132. The van der Waals surface area contributed by atoms with Gasteiger partial charge in [-0.05, 0) is 32.1 Å². The number of unbranched alkanes of at least 4 members (excludes halogenated alkanes) is 11. The van der Waals surface area contributed by atoms with Crippen molar-refractivity contribution in [2.75, 3.05) is 20.2 Å². The first kappa shape index (κ1) is 28.1. The molecule has 0 spiro atoms. The molecule has 0 bridgehead atoms. The van der Waals surface area contributed by atoms with Crippen LogP contribution in [0.1, 0.15) is 96.8 Å². The van der Waals surface area contributed by atoms with Crippen LogP contribution >= 0.6 is 0 Å². The molecule has 1 heterocycles. The van der Waals surface area contributed by atoms with Gasteiger partial charge >= 0.3 is 0 Å². The zero-order chi connectivity index (χ0) is 22.9. The number of amides is 1. The molecule has 0 aliphatic carbocycles. The van der Waals surface area contributed by atoms with Crippen LogP contribution < -0.4 is 0 Å². The number of hydrogen-bond donors (Lipinski definition) is 3. The van der Waals surface area contributed by atoms with Crippen molar-refractivity contribution in [3.8, 4) is 0 Å². The number of likely N-dealkylation sites (N-methyl/N-ethyl adjacent to an activating group) is 1. The van der Waals surface area contributed by atoms with Crippen LogP contribution in [0.2, 0.25) is 0 Å². The smallest absolute Gasteiger partial charge is 0.222 e. The fourth-order valence-electron chi connectivity index (χ4n) is 4.04. The standard InChI is InChI=1S/C25H47NO5/c1-3-4-5-6-7-8-9-10-11-12-13-14-15-16-17-18-23(28)26(2)19-21-24(29)25(30)22(20-27)31-21/h10-11,21-22,24-25,27,29-30H,3-9,12-20H2,1-2H3/b11-10-. The van der Waals surface area contributed by atoms with E-state index >= 15 is 0 Å². The van der Waals surface area contributed by atoms with E-state index in [1.807, 2.05) is 0 Å². The lowest BCUT2D eigenvalue weighted by atomic mass is 10.1. The second-order valence-electron chi connectivity index (χ2n) is 8.99. The molecule has 4 atom stereocenters. The van der Waals surface area contributed by atoms with Crippen LogP contribution in [0.25, 0.3) is 0 Å². The number of allylic oxidation sites excluding steroid dienone is 2. The number of ether oxygens (including phenoxy) is 1. The molecule has 0 aromatic rings. The van der Waals surface area contributed by atoms with E-state index in [2.05, 4.69) is 19.1 Å². The molecule has 0 radical (unpaired) electrons. The third kappa shape index (κ3) is 12.0. The van der Waals surface area contributed by atoms with Gasteiger partial charge in [0.25, 0.3) is 0 Å². The normalized spacial score (nSPS) is 23.6. The van der Waals surface area contributed by atoms with Gasteiger partial charge in [-0.15, -0.1) is 0 Å². The summed E-state index contributed by atoms with van der Waals surface area (Å²) in [5, 5.41) is 28.9. The number of hydrogen-bond acceptors (Lipinski definition) is 5. The Morgan fingerprint density at radius 1 is 0.839 bits per heavy atom. The van der Waals surface area contributed by atoms with Crippen LogP contribution in [-0.4, -0.2) is 70.7 Å². The van der Waals surface area contributed by atoms with E-state index in [4.69, 9.17) is 9.84 Å². The van der Waals surface area contributed by atoms with Crippen molar-refractivity contribution in [2.24, 2.45) is 0 Å². The predicted molar refractivity (Wildman–Crippen MR) is 125 cm³/mol. The molecule has 1 rings (SSSR count). The van der Waals surface area contributed by atoms with Crippen LogP contribution in [0.5, 0.6) is 0 Å². The summed E-state index contributed by atoms with van der Waals surface area (Å²) in [6.45, 7) is 2.13. The van der Waals surface area contributed by atoms with Crippen molar-refractivity contribution in [2.45, 2.75) is 121 Å². The minimum Gasteiger partial charge on any atom is -0.394 e. The second-order valence-corrected chi connectivity index (χ2v) is 8.99. The number of aliphatic hydroxyl groups is 3. The Bertz CT molecular complexity index is 485. The van der Waals surface area contributed by atoms with E-state index in [1.165, 1.54) is 57.8 Å². The van der Waals surface area contributed by atoms with Gasteiger partial charge in [-0.25, -0.2) is 0 Å². The first-order valence-electron chi connectivity index (χ1n) is 12.5. The van der Waals surface area contributed by atoms with Gasteiger partial charge in [0, 0.05) is 20.0 Å². The minimum atomic E-state index is -1.11. The lowest BCUT2D eigenvalue weighted by Gasteiger charge is -2.23. The average molecular weight is 442 g/mol. The number of aliphatic hydroxyl groups excluding tert-OH is 3. The van der Waals surface area contributed by atoms with E-state index in [0.29, 0.717) is 6.42 Å². The van der Waals surface area contributed by atoms with E-state index in [0.717, 1.165) is 25.7 Å². The fourth-order valence-corrected chi connectivity index (χ4v) is 4.04. The molecular weight excluding hydrogens is 394 g/mol. The fraction of sp³-hybridized carbons (Fsp3) is 0.880. The van der Waals surface area contributed by atoms with Gasteiger partial charge in [-0.3, -0.25) is 4.79 Å². The zero-order valence-electron chi connectivity index (χ0n) is 19.9. The average Bonchev–Trinajstić information content (AvgIpc) is 3.04. The van der Waals surface area contributed by atoms with Crippen LogP contribution in [0.3, 0.4) is 0 Å². The number of nitrogens with zero attached hydrogens (tertiary/aromatic N) is 1. The Morgan fingerprint density at radius 3 is 1.90 bits per heavy atom. The Kier molecular flexibility index (Phi) is 15.9. The third-order valence-corrected chi connectivity index (χ3v) is 6.17. The van der Waals surface area contributed by atoms with Crippen molar-refractivity contribution < 1.29 is 24.9 Å². The Hall–Kier alpha value is -0.950. The van der Waals surface area contributed by atoms with Crippen LogP contribution in [0, 0.1) is 0 Å². The second kappa shape index (κ2) is 17.6. The van der Waals surface area contributed by atoms with Gasteiger partial charge in [0.05, 0.1) is 6.61 Å². The molecule has 1 amide bonds. The quantitative estimate of drug-likeness (QED) is 0.221.